The predicted octanol–water partition coefficient (Wildman–Crippen LogP) is 4.00. The Balaban J connectivity index is 1.45. The summed E-state index contributed by atoms with van der Waals surface area (Å²) in [7, 11) is 0. The Morgan fingerprint density at radius 3 is 2.78 bits per heavy atom. The fourth-order valence-corrected chi connectivity index (χ4v) is 2.74. The zero-order chi connectivity index (χ0) is 15.5. The van der Waals surface area contributed by atoms with Crippen LogP contribution in [-0.2, 0) is 12.8 Å². The van der Waals surface area contributed by atoms with Crippen LogP contribution in [-0.4, -0.2) is 15.0 Å². The van der Waals surface area contributed by atoms with Crippen molar-refractivity contribution in [3.05, 3.63) is 78.3 Å². The zero-order valence-electron chi connectivity index (χ0n) is 12.7. The number of benzene rings is 1. The zero-order valence-corrected chi connectivity index (χ0v) is 12.7. The van der Waals surface area contributed by atoms with Gasteiger partial charge in [-0.25, -0.2) is 9.97 Å². The average molecular weight is 303 g/mol. The summed E-state index contributed by atoms with van der Waals surface area (Å²) in [5.74, 6) is 1.96. The van der Waals surface area contributed by atoms with Crippen molar-refractivity contribution in [3.8, 4) is 0 Å². The molecule has 1 aliphatic rings. The van der Waals surface area contributed by atoms with Crippen molar-refractivity contribution >= 4 is 11.0 Å². The number of hydrogen-bond donors (Lipinski definition) is 0. The molecule has 4 rings (SSSR count). The van der Waals surface area contributed by atoms with Gasteiger partial charge in [-0.3, -0.25) is 4.98 Å². The second-order valence-electron chi connectivity index (χ2n) is 5.67. The number of allylic oxidation sites excluding steroid dienone is 4. The summed E-state index contributed by atoms with van der Waals surface area (Å²) in [6.07, 6.45) is 14.6. The number of aromatic nitrogens is 3. The summed E-state index contributed by atoms with van der Waals surface area (Å²) in [6.45, 7) is 0. The lowest BCUT2D eigenvalue weighted by Crippen LogP contribution is -1.97. The molecule has 0 N–H and O–H groups in total. The fraction of sp³-hybridized carbons (Fsp3) is 0.211. The van der Waals surface area contributed by atoms with Gasteiger partial charge in [0.25, 0.3) is 0 Å². The van der Waals surface area contributed by atoms with E-state index >= 15 is 0 Å². The van der Waals surface area contributed by atoms with Gasteiger partial charge in [0.2, 0.25) is 5.89 Å². The first-order valence-electron chi connectivity index (χ1n) is 7.87. The van der Waals surface area contributed by atoms with Crippen LogP contribution in [0.4, 0.5) is 0 Å². The normalized spacial score (nSPS) is 17.0. The Hall–Kier alpha value is -2.75. The van der Waals surface area contributed by atoms with E-state index < -0.39 is 0 Å². The molecule has 114 valence electrons. The molecule has 23 heavy (non-hydrogen) atoms. The minimum Gasteiger partial charge on any atom is -0.445 e. The van der Waals surface area contributed by atoms with E-state index in [1.807, 2.05) is 42.7 Å². The highest BCUT2D eigenvalue weighted by molar-refractivity contribution is 5.73. The van der Waals surface area contributed by atoms with E-state index in [4.69, 9.17) is 4.42 Å². The van der Waals surface area contributed by atoms with Crippen LogP contribution in [0.3, 0.4) is 0 Å². The molecule has 3 aromatic rings. The molecule has 0 amide bonds. The molecule has 2 heterocycles. The Bertz CT molecular complexity index is 879. The summed E-state index contributed by atoms with van der Waals surface area (Å²) in [4.78, 5) is 13.5. The van der Waals surface area contributed by atoms with E-state index in [1.54, 1.807) is 0 Å². The predicted molar refractivity (Wildman–Crippen MR) is 89.1 cm³/mol. The molecule has 0 aliphatic heterocycles. The van der Waals surface area contributed by atoms with Gasteiger partial charge in [0.1, 0.15) is 5.76 Å². The molecule has 0 fully saturated rings. The SMILES string of the molecule is C1=CCC(c2ncc(CCc3cnc4ccccc4n3)o2)C=C1. The quantitative estimate of drug-likeness (QED) is 0.731. The molecule has 4 nitrogen and oxygen atoms in total. The van der Waals surface area contributed by atoms with Crippen LogP contribution in [0.1, 0.15) is 29.7 Å². The van der Waals surface area contributed by atoms with Gasteiger partial charge in [-0.2, -0.15) is 0 Å². The summed E-state index contributed by atoms with van der Waals surface area (Å²) >= 11 is 0. The Kier molecular flexibility index (Phi) is 3.72. The topological polar surface area (TPSA) is 51.8 Å². The second-order valence-corrected chi connectivity index (χ2v) is 5.67. The van der Waals surface area contributed by atoms with Crippen molar-refractivity contribution in [2.75, 3.05) is 0 Å². The maximum absolute atomic E-state index is 5.89. The first kappa shape index (κ1) is 13.9. The van der Waals surface area contributed by atoms with E-state index in [2.05, 4.69) is 33.2 Å². The highest BCUT2D eigenvalue weighted by Crippen LogP contribution is 2.24. The van der Waals surface area contributed by atoms with Crippen molar-refractivity contribution in [1.82, 2.24) is 15.0 Å². The standard InChI is InChI=1S/C19H17N3O/c1-2-6-14(7-3-1)19-21-13-16(23-19)11-10-15-12-20-17-8-4-5-9-18(17)22-15/h1-6,8-9,12-14H,7,10-11H2. The summed E-state index contributed by atoms with van der Waals surface area (Å²) < 4.78 is 5.89. The number of nitrogens with zero attached hydrogens (tertiary/aromatic N) is 3. The lowest BCUT2D eigenvalue weighted by molar-refractivity contribution is 0.437. The number of oxazole rings is 1. The van der Waals surface area contributed by atoms with E-state index in [0.29, 0.717) is 0 Å². The summed E-state index contributed by atoms with van der Waals surface area (Å²) in [5.41, 5.74) is 2.83. The molecule has 0 saturated carbocycles. The van der Waals surface area contributed by atoms with E-state index in [1.165, 1.54) is 0 Å². The first-order chi connectivity index (χ1) is 11.4. The molecule has 1 atom stereocenters. The van der Waals surface area contributed by atoms with E-state index in [9.17, 15) is 0 Å². The van der Waals surface area contributed by atoms with Gasteiger partial charge >= 0.3 is 0 Å². The van der Waals surface area contributed by atoms with E-state index in [0.717, 1.165) is 47.6 Å². The number of fused-ring (bicyclic) bond motifs is 1. The lowest BCUT2D eigenvalue weighted by Gasteiger charge is -2.07. The Morgan fingerprint density at radius 2 is 1.91 bits per heavy atom. The maximum atomic E-state index is 5.89. The summed E-state index contributed by atoms with van der Waals surface area (Å²) in [5, 5.41) is 0. The van der Waals surface area contributed by atoms with E-state index in [-0.39, 0.29) is 5.92 Å². The number of hydrogen-bond acceptors (Lipinski definition) is 4. The smallest absolute Gasteiger partial charge is 0.201 e. The third-order valence-corrected chi connectivity index (χ3v) is 4.00. The number of aryl methyl sites for hydroxylation is 2. The highest BCUT2D eigenvalue weighted by atomic mass is 16.4. The van der Waals surface area contributed by atoms with Crippen molar-refractivity contribution in [2.24, 2.45) is 0 Å². The molecule has 0 bridgehead atoms. The lowest BCUT2D eigenvalue weighted by atomic mass is 10.0. The summed E-state index contributed by atoms with van der Waals surface area (Å²) in [6, 6.07) is 7.92. The molecule has 0 radical (unpaired) electrons. The van der Waals surface area contributed by atoms with Gasteiger partial charge in [0.05, 0.1) is 28.8 Å². The van der Waals surface area contributed by atoms with Crippen LogP contribution < -0.4 is 0 Å². The minimum absolute atomic E-state index is 0.259. The molecule has 0 spiro atoms. The van der Waals surface area contributed by atoms with Crippen molar-refractivity contribution in [2.45, 2.75) is 25.2 Å². The Morgan fingerprint density at radius 1 is 1.00 bits per heavy atom. The van der Waals surface area contributed by atoms with Crippen LogP contribution in [0.25, 0.3) is 11.0 Å². The van der Waals surface area contributed by atoms with Crippen LogP contribution in [0.2, 0.25) is 0 Å². The van der Waals surface area contributed by atoms with Crippen LogP contribution in [0, 0.1) is 0 Å². The molecule has 2 aromatic heterocycles. The molecule has 0 saturated heterocycles. The van der Waals surface area contributed by atoms with Gasteiger partial charge in [0.15, 0.2) is 0 Å². The first-order valence-corrected chi connectivity index (χ1v) is 7.87. The second kappa shape index (κ2) is 6.16. The van der Waals surface area contributed by atoms with Gasteiger partial charge in [0, 0.05) is 12.6 Å². The highest BCUT2D eigenvalue weighted by Gasteiger charge is 2.14. The molecule has 1 aliphatic carbocycles. The largest absolute Gasteiger partial charge is 0.445 e. The number of rotatable bonds is 4. The van der Waals surface area contributed by atoms with Crippen LogP contribution >= 0.6 is 0 Å². The van der Waals surface area contributed by atoms with Gasteiger partial charge in [-0.1, -0.05) is 36.4 Å². The molecule has 4 heteroatoms. The molecular formula is C19H17N3O. The minimum atomic E-state index is 0.259. The molecular weight excluding hydrogens is 286 g/mol. The monoisotopic (exact) mass is 303 g/mol. The van der Waals surface area contributed by atoms with Crippen molar-refractivity contribution in [1.29, 1.82) is 0 Å². The van der Waals surface area contributed by atoms with Gasteiger partial charge < -0.3 is 4.42 Å². The van der Waals surface area contributed by atoms with Crippen molar-refractivity contribution in [3.63, 3.8) is 0 Å². The van der Waals surface area contributed by atoms with Gasteiger partial charge in [-0.15, -0.1) is 0 Å². The third-order valence-electron chi connectivity index (χ3n) is 4.00. The molecule has 1 aromatic carbocycles. The Labute approximate surface area is 134 Å². The fourth-order valence-electron chi connectivity index (χ4n) is 2.74. The molecule has 1 unspecified atom stereocenters. The van der Waals surface area contributed by atoms with Crippen LogP contribution in [0.5, 0.6) is 0 Å². The van der Waals surface area contributed by atoms with Crippen molar-refractivity contribution < 1.29 is 4.42 Å². The number of para-hydroxylation sites is 2. The van der Waals surface area contributed by atoms with Gasteiger partial charge in [-0.05, 0) is 25.0 Å². The third kappa shape index (κ3) is 3.06. The van der Waals surface area contributed by atoms with Crippen LogP contribution in [0.15, 0.2) is 65.4 Å². The average Bonchev–Trinajstić information content (AvgIpc) is 3.10. The maximum Gasteiger partial charge on any atom is 0.201 e.